The van der Waals surface area contributed by atoms with E-state index < -0.39 is 0 Å². The number of nitrogens with zero attached hydrogens (tertiary/aromatic N) is 5. The van der Waals surface area contributed by atoms with Crippen LogP contribution < -0.4 is 0 Å². The molecule has 0 aliphatic heterocycles. The molecular weight excluding hydrogens is 627 g/mol. The second-order valence-electron chi connectivity index (χ2n) is 12.8. The first-order valence-corrected chi connectivity index (χ1v) is 17.0. The lowest BCUT2D eigenvalue weighted by Crippen LogP contribution is -2.06. The Morgan fingerprint density at radius 2 is 0.961 bits per heavy atom. The lowest BCUT2D eigenvalue weighted by Gasteiger charge is -2.12. The topological polar surface area (TPSA) is 61.7 Å². The van der Waals surface area contributed by atoms with Crippen molar-refractivity contribution in [3.8, 4) is 34.4 Å². The van der Waals surface area contributed by atoms with Gasteiger partial charge in [-0.25, -0.2) is 4.98 Å². The Hall–Kier alpha value is -7.05. The van der Waals surface area contributed by atoms with Gasteiger partial charge in [0.25, 0.3) is 0 Å². The maximum absolute atomic E-state index is 6.39. The first kappa shape index (κ1) is 27.9. The summed E-state index contributed by atoms with van der Waals surface area (Å²) in [7, 11) is 0. The van der Waals surface area contributed by atoms with Crippen LogP contribution in [0.5, 0.6) is 0 Å². The zero-order valence-corrected chi connectivity index (χ0v) is 27.2. The van der Waals surface area contributed by atoms with Crippen LogP contribution in [0.3, 0.4) is 0 Å². The number of furan rings is 1. The van der Waals surface area contributed by atoms with Crippen LogP contribution in [0.25, 0.3) is 100.0 Å². The second kappa shape index (κ2) is 10.7. The molecule has 0 unspecified atom stereocenters. The SMILES string of the molecule is c1ccc(-c2nc(-c3ccccc3)nc(-n3c4ccccc4c4c3ccc3c5ccccc5n(-c5cccc6oc7ccccc7c56)c34)n2)cc1. The summed E-state index contributed by atoms with van der Waals surface area (Å²) >= 11 is 0. The molecule has 238 valence electrons. The maximum Gasteiger partial charge on any atom is 0.238 e. The number of fused-ring (bicyclic) bond motifs is 10. The molecule has 11 rings (SSSR count). The molecule has 0 saturated heterocycles. The molecule has 0 bridgehead atoms. The largest absolute Gasteiger partial charge is 0.456 e. The van der Waals surface area contributed by atoms with Crippen LogP contribution in [0, 0.1) is 0 Å². The van der Waals surface area contributed by atoms with Crippen molar-refractivity contribution in [2.45, 2.75) is 0 Å². The molecule has 0 aliphatic carbocycles. The standard InChI is InChI=1S/C45H27N5O/c1-3-14-28(15-4-1)43-46-44(29-16-5-2-6-17-29)48-45(47-43)50-35-22-11-8-19-32(35)41-37(50)27-26-31-30-18-7-10-21-34(30)49(42(31)41)36-23-13-25-39-40(36)33-20-9-12-24-38(33)51-39/h1-27H. The summed E-state index contributed by atoms with van der Waals surface area (Å²) in [5, 5.41) is 6.80. The number of rotatable bonds is 4. The fraction of sp³-hybridized carbons (Fsp3) is 0. The predicted octanol–water partition coefficient (Wildman–Crippen LogP) is 11.3. The van der Waals surface area contributed by atoms with Crippen LogP contribution in [0.2, 0.25) is 0 Å². The van der Waals surface area contributed by atoms with Crippen molar-refractivity contribution >= 4 is 65.6 Å². The highest BCUT2D eigenvalue weighted by Crippen LogP contribution is 2.44. The Morgan fingerprint density at radius 1 is 0.373 bits per heavy atom. The lowest BCUT2D eigenvalue weighted by molar-refractivity contribution is 0.669. The molecule has 6 nitrogen and oxygen atoms in total. The van der Waals surface area contributed by atoms with Crippen LogP contribution >= 0.6 is 0 Å². The van der Waals surface area contributed by atoms with Gasteiger partial charge in [0.05, 0.1) is 33.1 Å². The Kier molecular flexibility index (Phi) is 5.86. The summed E-state index contributed by atoms with van der Waals surface area (Å²) in [6, 6.07) is 56.6. The smallest absolute Gasteiger partial charge is 0.238 e. The van der Waals surface area contributed by atoms with Gasteiger partial charge in [-0.2, -0.15) is 9.97 Å². The molecule has 0 N–H and O–H groups in total. The number of benzene rings is 7. The monoisotopic (exact) mass is 653 g/mol. The van der Waals surface area contributed by atoms with Gasteiger partial charge in [0.1, 0.15) is 11.2 Å². The highest BCUT2D eigenvalue weighted by Gasteiger charge is 2.24. The van der Waals surface area contributed by atoms with Crippen LogP contribution in [0.1, 0.15) is 0 Å². The molecular formula is C45H27N5O. The average molecular weight is 654 g/mol. The van der Waals surface area contributed by atoms with E-state index >= 15 is 0 Å². The number of hydrogen-bond donors (Lipinski definition) is 0. The molecule has 0 fully saturated rings. The number of hydrogen-bond acceptors (Lipinski definition) is 4. The fourth-order valence-corrected chi connectivity index (χ4v) is 7.81. The van der Waals surface area contributed by atoms with E-state index in [0.29, 0.717) is 17.6 Å². The van der Waals surface area contributed by atoms with Crippen molar-refractivity contribution in [3.63, 3.8) is 0 Å². The molecule has 7 aromatic carbocycles. The van der Waals surface area contributed by atoms with E-state index in [0.717, 1.165) is 71.6 Å². The Labute approximate surface area is 291 Å². The Balaban J connectivity index is 1.29. The summed E-state index contributed by atoms with van der Waals surface area (Å²) in [6.45, 7) is 0. The summed E-state index contributed by atoms with van der Waals surface area (Å²) in [5.41, 5.74) is 8.97. The molecule has 0 atom stereocenters. The first-order valence-electron chi connectivity index (χ1n) is 17.0. The number of aromatic nitrogens is 5. The van der Waals surface area contributed by atoms with E-state index in [1.807, 2.05) is 72.8 Å². The van der Waals surface area contributed by atoms with Gasteiger partial charge < -0.3 is 8.98 Å². The third-order valence-electron chi connectivity index (χ3n) is 9.98. The minimum absolute atomic E-state index is 0.568. The molecule has 0 radical (unpaired) electrons. The van der Waals surface area contributed by atoms with Crippen molar-refractivity contribution in [1.29, 1.82) is 0 Å². The molecule has 0 spiro atoms. The van der Waals surface area contributed by atoms with Crippen molar-refractivity contribution in [3.05, 3.63) is 164 Å². The molecule has 0 amide bonds. The molecule has 4 heterocycles. The fourth-order valence-electron chi connectivity index (χ4n) is 7.81. The molecule has 11 aromatic rings. The van der Waals surface area contributed by atoms with Gasteiger partial charge in [-0.1, -0.05) is 127 Å². The van der Waals surface area contributed by atoms with E-state index in [-0.39, 0.29) is 0 Å². The van der Waals surface area contributed by atoms with Crippen LogP contribution in [0.4, 0.5) is 0 Å². The summed E-state index contributed by atoms with van der Waals surface area (Å²) in [5.74, 6) is 1.82. The van der Waals surface area contributed by atoms with E-state index in [2.05, 4.69) is 100 Å². The molecule has 6 heteroatoms. The highest BCUT2D eigenvalue weighted by molar-refractivity contribution is 6.27. The van der Waals surface area contributed by atoms with Crippen molar-refractivity contribution < 1.29 is 4.42 Å². The van der Waals surface area contributed by atoms with Gasteiger partial charge in [0, 0.05) is 38.1 Å². The van der Waals surface area contributed by atoms with Crippen molar-refractivity contribution in [2.24, 2.45) is 0 Å². The van der Waals surface area contributed by atoms with E-state index in [9.17, 15) is 0 Å². The van der Waals surface area contributed by atoms with Crippen molar-refractivity contribution in [2.75, 3.05) is 0 Å². The third kappa shape index (κ3) is 4.07. The molecule has 0 saturated carbocycles. The second-order valence-corrected chi connectivity index (χ2v) is 12.8. The predicted molar refractivity (Wildman–Crippen MR) is 207 cm³/mol. The lowest BCUT2D eigenvalue weighted by atomic mass is 10.1. The zero-order valence-electron chi connectivity index (χ0n) is 27.2. The minimum Gasteiger partial charge on any atom is -0.456 e. The van der Waals surface area contributed by atoms with Gasteiger partial charge >= 0.3 is 0 Å². The zero-order chi connectivity index (χ0) is 33.5. The van der Waals surface area contributed by atoms with Gasteiger partial charge in [-0.05, 0) is 36.4 Å². The van der Waals surface area contributed by atoms with Gasteiger partial charge in [-0.3, -0.25) is 4.57 Å². The van der Waals surface area contributed by atoms with Crippen LogP contribution in [-0.4, -0.2) is 24.1 Å². The summed E-state index contributed by atoms with van der Waals surface area (Å²) in [4.78, 5) is 15.3. The van der Waals surface area contributed by atoms with Gasteiger partial charge in [-0.15, -0.1) is 0 Å². The van der Waals surface area contributed by atoms with Crippen LogP contribution in [-0.2, 0) is 0 Å². The minimum atomic E-state index is 0.568. The maximum atomic E-state index is 6.39. The Bertz CT molecular complexity index is 3080. The van der Waals surface area contributed by atoms with Gasteiger partial charge in [0.15, 0.2) is 11.6 Å². The summed E-state index contributed by atoms with van der Waals surface area (Å²) in [6.07, 6.45) is 0. The number of para-hydroxylation sites is 3. The average Bonchev–Trinajstić information content (AvgIpc) is 3.86. The quantitative estimate of drug-likeness (QED) is 0.190. The molecule has 0 aliphatic rings. The van der Waals surface area contributed by atoms with E-state index in [1.165, 1.54) is 10.8 Å². The van der Waals surface area contributed by atoms with Crippen molar-refractivity contribution in [1.82, 2.24) is 24.1 Å². The normalized spacial score (nSPS) is 11.9. The molecule has 4 aromatic heterocycles. The van der Waals surface area contributed by atoms with E-state index in [1.54, 1.807) is 0 Å². The Morgan fingerprint density at radius 3 is 1.69 bits per heavy atom. The summed E-state index contributed by atoms with van der Waals surface area (Å²) < 4.78 is 11.0. The highest BCUT2D eigenvalue weighted by atomic mass is 16.3. The van der Waals surface area contributed by atoms with E-state index in [4.69, 9.17) is 19.4 Å². The first-order chi connectivity index (χ1) is 25.3. The third-order valence-corrected chi connectivity index (χ3v) is 9.98. The molecule has 51 heavy (non-hydrogen) atoms. The van der Waals surface area contributed by atoms with Crippen LogP contribution in [0.15, 0.2) is 168 Å². The van der Waals surface area contributed by atoms with Gasteiger partial charge in [0.2, 0.25) is 5.95 Å².